The molecule has 0 saturated heterocycles. The molecule has 0 aliphatic heterocycles. The number of aliphatic carboxylic acids is 1. The van der Waals surface area contributed by atoms with Crippen LogP contribution in [0.5, 0.6) is 5.75 Å². The van der Waals surface area contributed by atoms with Gasteiger partial charge in [0.05, 0.1) is 6.61 Å². The molecule has 5 nitrogen and oxygen atoms in total. The third kappa shape index (κ3) is 7.63. The van der Waals surface area contributed by atoms with Crippen LogP contribution in [0.25, 0.3) is 23.3 Å². The van der Waals surface area contributed by atoms with Gasteiger partial charge in [0.2, 0.25) is 0 Å². The molecular formula is C41H38O5. The number of methoxy groups -OCH3 is 1. The molecule has 0 spiro atoms. The first-order chi connectivity index (χ1) is 22.6. The van der Waals surface area contributed by atoms with Gasteiger partial charge in [-0.15, -0.1) is 0 Å². The summed E-state index contributed by atoms with van der Waals surface area (Å²) in [6, 6.07) is 41.9. The molecule has 6 rings (SSSR count). The minimum atomic E-state index is -0.976. The number of hydrogen-bond donors (Lipinski definition) is 1. The summed E-state index contributed by atoms with van der Waals surface area (Å²) in [5, 5.41) is 9.27. The van der Waals surface area contributed by atoms with Crippen LogP contribution >= 0.6 is 0 Å². The van der Waals surface area contributed by atoms with E-state index in [1.807, 2.05) is 30.3 Å². The summed E-state index contributed by atoms with van der Waals surface area (Å²) in [6.07, 6.45) is 5.49. The first kappa shape index (κ1) is 31.0. The topological polar surface area (TPSA) is 65.0 Å². The Balaban J connectivity index is 1.20. The second-order valence-corrected chi connectivity index (χ2v) is 11.5. The second-order valence-electron chi connectivity index (χ2n) is 11.5. The largest absolute Gasteiger partial charge is 0.491 e. The molecular weight excluding hydrogens is 572 g/mol. The highest BCUT2D eigenvalue weighted by Gasteiger charge is 2.23. The number of carboxylic acids is 1. The van der Waals surface area contributed by atoms with Crippen LogP contribution in [-0.4, -0.2) is 37.5 Å². The Morgan fingerprint density at radius 3 is 2.11 bits per heavy atom. The zero-order chi connectivity index (χ0) is 31.7. The molecule has 5 heteroatoms. The lowest BCUT2D eigenvalue weighted by Crippen LogP contribution is -2.24. The van der Waals surface area contributed by atoms with Crippen molar-refractivity contribution in [1.82, 2.24) is 0 Å². The average molecular weight is 611 g/mol. The summed E-state index contributed by atoms with van der Waals surface area (Å²) >= 11 is 0. The van der Waals surface area contributed by atoms with Crippen molar-refractivity contribution in [2.45, 2.75) is 31.5 Å². The zero-order valence-electron chi connectivity index (χ0n) is 26.0. The predicted octanol–water partition coefficient (Wildman–Crippen LogP) is 8.45. The van der Waals surface area contributed by atoms with Crippen LogP contribution < -0.4 is 4.74 Å². The highest BCUT2D eigenvalue weighted by atomic mass is 16.5. The number of fused-ring (bicyclic) bond motifs is 2. The Morgan fingerprint density at radius 2 is 1.37 bits per heavy atom. The third-order valence-electron chi connectivity index (χ3n) is 8.44. The van der Waals surface area contributed by atoms with E-state index in [2.05, 4.69) is 103 Å². The van der Waals surface area contributed by atoms with Gasteiger partial charge in [0, 0.05) is 13.5 Å². The number of ether oxygens (including phenoxy) is 3. The van der Waals surface area contributed by atoms with Crippen molar-refractivity contribution in [2.75, 3.05) is 20.3 Å². The van der Waals surface area contributed by atoms with E-state index in [0.717, 1.165) is 40.7 Å². The highest BCUT2D eigenvalue weighted by molar-refractivity contribution is 5.79. The lowest BCUT2D eigenvalue weighted by atomic mass is 9.92. The van der Waals surface area contributed by atoms with Crippen molar-refractivity contribution in [3.8, 4) is 16.9 Å². The molecule has 2 atom stereocenters. The van der Waals surface area contributed by atoms with E-state index in [4.69, 9.17) is 14.2 Å². The summed E-state index contributed by atoms with van der Waals surface area (Å²) in [6.45, 7) is 0.768. The van der Waals surface area contributed by atoms with Gasteiger partial charge in [-0.3, -0.25) is 0 Å². The Labute approximate surface area is 270 Å². The number of aryl methyl sites for hydroxylation is 2. The Hall–Kier alpha value is -4.97. The van der Waals surface area contributed by atoms with Gasteiger partial charge in [-0.2, -0.15) is 0 Å². The summed E-state index contributed by atoms with van der Waals surface area (Å²) < 4.78 is 17.8. The van der Waals surface area contributed by atoms with Crippen molar-refractivity contribution in [3.63, 3.8) is 0 Å². The van der Waals surface area contributed by atoms with Gasteiger partial charge in [0.15, 0.2) is 6.10 Å². The summed E-state index contributed by atoms with van der Waals surface area (Å²) in [5.74, 6) is -0.271. The van der Waals surface area contributed by atoms with Gasteiger partial charge in [-0.25, -0.2) is 4.79 Å². The fourth-order valence-electron chi connectivity index (χ4n) is 5.92. The molecule has 5 aromatic carbocycles. The van der Waals surface area contributed by atoms with E-state index in [1.54, 1.807) is 0 Å². The van der Waals surface area contributed by atoms with Crippen LogP contribution in [0.1, 0.15) is 45.0 Å². The van der Waals surface area contributed by atoms with Crippen molar-refractivity contribution in [3.05, 3.63) is 160 Å². The monoisotopic (exact) mass is 610 g/mol. The molecule has 0 radical (unpaired) electrons. The van der Waals surface area contributed by atoms with Crippen LogP contribution in [0.15, 0.2) is 121 Å². The number of carbonyl (C=O) groups is 1. The van der Waals surface area contributed by atoms with Crippen molar-refractivity contribution in [2.24, 2.45) is 0 Å². The number of rotatable bonds is 13. The second kappa shape index (κ2) is 14.9. The van der Waals surface area contributed by atoms with Gasteiger partial charge < -0.3 is 19.3 Å². The lowest BCUT2D eigenvalue weighted by molar-refractivity contribution is -0.148. The van der Waals surface area contributed by atoms with Crippen molar-refractivity contribution >= 4 is 18.1 Å². The molecule has 0 saturated carbocycles. The number of hydrogen-bond acceptors (Lipinski definition) is 4. The van der Waals surface area contributed by atoms with E-state index < -0.39 is 12.1 Å². The Morgan fingerprint density at radius 1 is 0.674 bits per heavy atom. The molecule has 46 heavy (non-hydrogen) atoms. The molecule has 2 unspecified atom stereocenters. The summed E-state index contributed by atoms with van der Waals surface area (Å²) in [7, 11) is 1.41. The van der Waals surface area contributed by atoms with Crippen LogP contribution in [0.2, 0.25) is 0 Å². The fraction of sp³-hybridized carbons (Fsp3) is 0.195. The maximum absolute atomic E-state index is 11.3. The Kier molecular flexibility index (Phi) is 10.0. The van der Waals surface area contributed by atoms with Gasteiger partial charge >= 0.3 is 5.97 Å². The van der Waals surface area contributed by atoms with E-state index in [-0.39, 0.29) is 6.10 Å². The quantitative estimate of drug-likeness (QED) is 0.136. The first-order valence-electron chi connectivity index (χ1n) is 15.7. The minimum Gasteiger partial charge on any atom is -0.491 e. The maximum atomic E-state index is 11.3. The van der Waals surface area contributed by atoms with Gasteiger partial charge in [-0.05, 0) is 81.1 Å². The van der Waals surface area contributed by atoms with Crippen LogP contribution in [-0.2, 0) is 33.5 Å². The van der Waals surface area contributed by atoms with Gasteiger partial charge in [-0.1, -0.05) is 115 Å². The van der Waals surface area contributed by atoms with Crippen LogP contribution in [0, 0.1) is 0 Å². The van der Waals surface area contributed by atoms with E-state index >= 15 is 0 Å². The summed E-state index contributed by atoms with van der Waals surface area (Å²) in [5.41, 5.74) is 10.4. The van der Waals surface area contributed by atoms with Crippen molar-refractivity contribution < 1.29 is 24.1 Å². The molecule has 1 N–H and O–H groups in total. The standard InChI is InChI=1S/C41H38O5/c1-44-39(41(42)43)27-31-15-21-36(22-16-31)45-24-25-46-40-37-23-20-34(32-10-6-3-7-11-32)28-35(37)19-18-33-17-14-30(26-38(33)40)13-12-29-8-4-2-5-9-29/h2-11,14-23,26,28,39-40H,12-13,24-25,27H2,1H3,(H,42,43). The lowest BCUT2D eigenvalue weighted by Gasteiger charge is -2.22. The summed E-state index contributed by atoms with van der Waals surface area (Å²) in [4.78, 5) is 11.3. The highest BCUT2D eigenvalue weighted by Crippen LogP contribution is 2.38. The molecule has 0 amide bonds. The van der Waals surface area contributed by atoms with E-state index in [1.165, 1.54) is 29.4 Å². The minimum absolute atomic E-state index is 0.255. The SMILES string of the molecule is COC(Cc1ccc(OCCOC2c3ccc(-c4ccccc4)cc3C=Cc3ccc(CCc4ccccc4)cc32)cc1)C(=O)O. The van der Waals surface area contributed by atoms with Crippen molar-refractivity contribution in [1.29, 1.82) is 0 Å². The van der Waals surface area contributed by atoms with Gasteiger partial charge in [0.1, 0.15) is 18.5 Å². The zero-order valence-corrected chi connectivity index (χ0v) is 26.0. The van der Waals surface area contributed by atoms with E-state index in [0.29, 0.717) is 25.4 Å². The molecule has 0 heterocycles. The molecule has 5 aromatic rings. The molecule has 1 aliphatic carbocycles. The van der Waals surface area contributed by atoms with Gasteiger partial charge in [0.25, 0.3) is 0 Å². The Bertz CT molecular complexity index is 1780. The predicted molar refractivity (Wildman–Crippen MR) is 183 cm³/mol. The number of carboxylic acid groups (broad SMARTS) is 1. The first-order valence-corrected chi connectivity index (χ1v) is 15.7. The normalized spacial score (nSPS) is 14.2. The molecule has 232 valence electrons. The molecule has 0 bridgehead atoms. The van der Waals surface area contributed by atoms with E-state index in [9.17, 15) is 9.90 Å². The van der Waals surface area contributed by atoms with Crippen LogP contribution in [0.3, 0.4) is 0 Å². The molecule has 0 aromatic heterocycles. The molecule has 1 aliphatic rings. The number of benzene rings is 5. The molecule has 0 fully saturated rings. The smallest absolute Gasteiger partial charge is 0.333 e. The average Bonchev–Trinajstić information content (AvgIpc) is 3.25. The third-order valence-corrected chi connectivity index (χ3v) is 8.44. The fourth-order valence-corrected chi connectivity index (χ4v) is 5.92. The maximum Gasteiger partial charge on any atom is 0.333 e. The van der Waals surface area contributed by atoms with Crippen LogP contribution in [0.4, 0.5) is 0 Å².